The van der Waals surface area contributed by atoms with Gasteiger partial charge in [0.05, 0.1) is 5.56 Å². The van der Waals surface area contributed by atoms with Crippen LogP contribution in [-0.4, -0.2) is 24.5 Å². The number of urea groups is 1. The molecule has 0 bridgehead atoms. The van der Waals surface area contributed by atoms with Crippen molar-refractivity contribution in [1.29, 1.82) is 0 Å². The van der Waals surface area contributed by atoms with Crippen LogP contribution in [0.5, 0.6) is 0 Å². The van der Waals surface area contributed by atoms with Crippen molar-refractivity contribution in [2.45, 2.75) is 6.92 Å². The summed E-state index contributed by atoms with van der Waals surface area (Å²) in [5.74, 6) is -1.39. The summed E-state index contributed by atoms with van der Waals surface area (Å²) in [6, 6.07) is 5.82. The number of nitrogens with two attached hydrogens (primary N) is 1. The fourth-order valence-corrected chi connectivity index (χ4v) is 1.18. The van der Waals surface area contributed by atoms with Gasteiger partial charge in [-0.2, -0.15) is 0 Å². The number of benzene rings is 1. The summed E-state index contributed by atoms with van der Waals surface area (Å²) in [6.07, 6.45) is 0. The summed E-state index contributed by atoms with van der Waals surface area (Å²) in [5.41, 5.74) is 5.84. The first-order valence-electron chi connectivity index (χ1n) is 4.82. The smallest absolute Gasteiger partial charge is 0.338 e. The monoisotopic (exact) mass is 236 g/mol. The fraction of sp³-hybridized carbons (Fsp3) is 0.182. The van der Waals surface area contributed by atoms with Crippen LogP contribution in [0.3, 0.4) is 0 Å². The lowest BCUT2D eigenvalue weighted by Gasteiger charge is -2.06. The third kappa shape index (κ3) is 3.94. The van der Waals surface area contributed by atoms with Crippen LogP contribution in [0.2, 0.25) is 0 Å². The van der Waals surface area contributed by atoms with E-state index in [1.807, 2.05) is 0 Å². The summed E-state index contributed by atoms with van der Waals surface area (Å²) in [7, 11) is 0. The van der Waals surface area contributed by atoms with E-state index in [9.17, 15) is 14.4 Å². The van der Waals surface area contributed by atoms with Crippen LogP contribution in [0.1, 0.15) is 15.9 Å². The SMILES string of the molecule is Cc1ccccc1C(=O)OCC(=O)NC(N)=O. The number of ether oxygens (including phenoxy) is 1. The highest BCUT2D eigenvalue weighted by molar-refractivity contribution is 5.96. The highest BCUT2D eigenvalue weighted by atomic mass is 16.5. The van der Waals surface area contributed by atoms with Gasteiger partial charge in [0.1, 0.15) is 0 Å². The molecule has 0 saturated carbocycles. The molecule has 1 aromatic carbocycles. The van der Waals surface area contributed by atoms with Crippen molar-refractivity contribution in [3.05, 3.63) is 35.4 Å². The minimum absolute atomic E-state index is 0.374. The van der Waals surface area contributed by atoms with Gasteiger partial charge in [0.25, 0.3) is 5.91 Å². The Morgan fingerprint density at radius 2 is 1.94 bits per heavy atom. The number of nitrogens with one attached hydrogen (secondary N) is 1. The van der Waals surface area contributed by atoms with Crippen LogP contribution in [0.25, 0.3) is 0 Å². The molecule has 0 spiro atoms. The summed E-state index contributed by atoms with van der Waals surface area (Å²) >= 11 is 0. The molecular weight excluding hydrogens is 224 g/mol. The number of carbonyl (C=O) groups is 3. The molecule has 90 valence electrons. The second kappa shape index (κ2) is 5.64. The molecule has 6 heteroatoms. The number of amides is 3. The Morgan fingerprint density at radius 1 is 1.29 bits per heavy atom. The molecule has 0 aliphatic carbocycles. The summed E-state index contributed by atoms with van der Waals surface area (Å²) in [4.78, 5) is 32.9. The number of esters is 1. The lowest BCUT2D eigenvalue weighted by Crippen LogP contribution is -2.37. The van der Waals surface area contributed by atoms with Crippen LogP contribution >= 0.6 is 0 Å². The van der Waals surface area contributed by atoms with Gasteiger partial charge < -0.3 is 10.5 Å². The van der Waals surface area contributed by atoms with E-state index in [0.717, 1.165) is 5.56 Å². The van der Waals surface area contributed by atoms with E-state index in [1.165, 1.54) is 0 Å². The molecule has 0 aromatic heterocycles. The molecule has 6 nitrogen and oxygen atoms in total. The largest absolute Gasteiger partial charge is 0.452 e. The van der Waals surface area contributed by atoms with Gasteiger partial charge in [-0.3, -0.25) is 10.1 Å². The number of primary amides is 1. The topological polar surface area (TPSA) is 98.5 Å². The van der Waals surface area contributed by atoms with E-state index in [4.69, 9.17) is 10.5 Å². The first-order chi connectivity index (χ1) is 8.00. The van der Waals surface area contributed by atoms with Crippen molar-refractivity contribution < 1.29 is 19.1 Å². The third-order valence-electron chi connectivity index (χ3n) is 1.96. The maximum atomic E-state index is 11.5. The molecule has 0 aliphatic heterocycles. The summed E-state index contributed by atoms with van der Waals surface area (Å²) < 4.78 is 4.71. The summed E-state index contributed by atoms with van der Waals surface area (Å²) in [6.45, 7) is 1.20. The molecule has 0 saturated heterocycles. The number of rotatable bonds is 3. The van der Waals surface area contributed by atoms with Crippen molar-refractivity contribution in [1.82, 2.24) is 5.32 Å². The minimum Gasteiger partial charge on any atom is -0.452 e. The average molecular weight is 236 g/mol. The molecule has 0 atom stereocenters. The molecule has 0 unspecified atom stereocenters. The second-order valence-electron chi connectivity index (χ2n) is 3.30. The highest BCUT2D eigenvalue weighted by Gasteiger charge is 2.12. The van der Waals surface area contributed by atoms with Gasteiger partial charge in [0.2, 0.25) is 0 Å². The number of hydrogen-bond donors (Lipinski definition) is 2. The molecule has 17 heavy (non-hydrogen) atoms. The van der Waals surface area contributed by atoms with Crippen LogP contribution in [0, 0.1) is 6.92 Å². The lowest BCUT2D eigenvalue weighted by atomic mass is 10.1. The van der Waals surface area contributed by atoms with Crippen molar-refractivity contribution in [3.63, 3.8) is 0 Å². The lowest BCUT2D eigenvalue weighted by molar-refractivity contribution is -0.123. The van der Waals surface area contributed by atoms with Crippen LogP contribution in [0.15, 0.2) is 24.3 Å². The Morgan fingerprint density at radius 3 is 2.53 bits per heavy atom. The van der Waals surface area contributed by atoms with Crippen molar-refractivity contribution in [2.75, 3.05) is 6.61 Å². The molecule has 3 N–H and O–H groups in total. The van der Waals surface area contributed by atoms with Crippen LogP contribution in [-0.2, 0) is 9.53 Å². The van der Waals surface area contributed by atoms with Gasteiger partial charge in [0, 0.05) is 0 Å². The second-order valence-corrected chi connectivity index (χ2v) is 3.30. The normalized spacial score (nSPS) is 9.47. The van der Waals surface area contributed by atoms with Gasteiger partial charge in [-0.05, 0) is 18.6 Å². The first kappa shape index (κ1) is 12.7. The Hall–Kier alpha value is -2.37. The third-order valence-corrected chi connectivity index (χ3v) is 1.96. The molecule has 1 aromatic rings. The number of carbonyl (C=O) groups excluding carboxylic acids is 3. The highest BCUT2D eigenvalue weighted by Crippen LogP contribution is 2.08. The van der Waals surface area contributed by atoms with Crippen molar-refractivity contribution in [2.24, 2.45) is 5.73 Å². The van der Waals surface area contributed by atoms with E-state index < -0.39 is 24.5 Å². The maximum absolute atomic E-state index is 11.5. The van der Waals surface area contributed by atoms with Crippen LogP contribution in [0.4, 0.5) is 4.79 Å². The molecule has 0 fully saturated rings. The number of imide groups is 1. The standard InChI is InChI=1S/C11H12N2O4/c1-7-4-2-3-5-8(7)10(15)17-6-9(14)13-11(12)16/h2-5H,6H2,1H3,(H3,12,13,14,16). The Kier molecular flexibility index (Phi) is 4.21. The van der Waals surface area contributed by atoms with E-state index in [0.29, 0.717) is 5.56 Å². The predicted octanol–water partition coefficient (Wildman–Crippen LogP) is 0.347. The molecular formula is C11H12N2O4. The van der Waals surface area contributed by atoms with E-state index in [2.05, 4.69) is 0 Å². The Balaban J connectivity index is 2.54. The average Bonchev–Trinajstić information content (AvgIpc) is 2.25. The number of aryl methyl sites for hydroxylation is 1. The molecule has 1 rings (SSSR count). The molecule has 0 heterocycles. The van der Waals surface area contributed by atoms with Gasteiger partial charge in [-0.25, -0.2) is 9.59 Å². The van der Waals surface area contributed by atoms with Crippen LogP contribution < -0.4 is 11.1 Å². The van der Waals surface area contributed by atoms with E-state index >= 15 is 0 Å². The number of hydrogen-bond acceptors (Lipinski definition) is 4. The molecule has 0 radical (unpaired) electrons. The van der Waals surface area contributed by atoms with Crippen molar-refractivity contribution in [3.8, 4) is 0 Å². The maximum Gasteiger partial charge on any atom is 0.338 e. The van der Waals surface area contributed by atoms with E-state index in [1.54, 1.807) is 36.5 Å². The Labute approximate surface area is 97.7 Å². The zero-order valence-electron chi connectivity index (χ0n) is 9.23. The van der Waals surface area contributed by atoms with Gasteiger partial charge in [-0.15, -0.1) is 0 Å². The zero-order chi connectivity index (χ0) is 12.8. The zero-order valence-corrected chi connectivity index (χ0v) is 9.23. The fourth-order valence-electron chi connectivity index (χ4n) is 1.18. The first-order valence-corrected chi connectivity index (χ1v) is 4.82. The van der Waals surface area contributed by atoms with Gasteiger partial charge in [-0.1, -0.05) is 18.2 Å². The Bertz CT molecular complexity index is 457. The van der Waals surface area contributed by atoms with Gasteiger partial charge in [0.15, 0.2) is 6.61 Å². The quantitative estimate of drug-likeness (QED) is 0.739. The van der Waals surface area contributed by atoms with E-state index in [-0.39, 0.29) is 0 Å². The minimum atomic E-state index is -0.984. The summed E-state index contributed by atoms with van der Waals surface area (Å²) in [5, 5.41) is 1.79. The molecule has 0 aliphatic rings. The predicted molar refractivity (Wildman–Crippen MR) is 59.2 cm³/mol. The van der Waals surface area contributed by atoms with Crippen molar-refractivity contribution >= 4 is 17.9 Å². The molecule has 3 amide bonds. The van der Waals surface area contributed by atoms with Gasteiger partial charge >= 0.3 is 12.0 Å².